The van der Waals surface area contributed by atoms with Crippen LogP contribution in [0.3, 0.4) is 0 Å². The molecule has 0 N–H and O–H groups in total. The highest BCUT2D eigenvalue weighted by Crippen LogP contribution is 2.26. The van der Waals surface area contributed by atoms with E-state index in [1.165, 1.54) is 0 Å². The molecule has 1 aliphatic heterocycles. The molecular weight excluding hydrogens is 292 g/mol. The summed E-state index contributed by atoms with van der Waals surface area (Å²) in [4.78, 5) is 12.4. The zero-order chi connectivity index (χ0) is 15.3. The van der Waals surface area contributed by atoms with Crippen LogP contribution in [0.1, 0.15) is 23.2 Å². The number of rotatable bonds is 7. The Kier molecular flexibility index (Phi) is 5.36. The van der Waals surface area contributed by atoms with E-state index < -0.39 is 9.84 Å². The van der Waals surface area contributed by atoms with Gasteiger partial charge in [-0.25, -0.2) is 8.42 Å². The van der Waals surface area contributed by atoms with Gasteiger partial charge >= 0.3 is 0 Å². The Morgan fingerprint density at radius 3 is 2.71 bits per heavy atom. The topological polar surface area (TPSA) is 69.7 Å². The van der Waals surface area contributed by atoms with Gasteiger partial charge in [-0.15, -0.1) is 0 Å². The van der Waals surface area contributed by atoms with E-state index in [0.29, 0.717) is 30.9 Å². The highest BCUT2D eigenvalue weighted by Gasteiger charge is 2.30. The summed E-state index contributed by atoms with van der Waals surface area (Å²) in [5, 5.41) is 0. The Hall–Kier alpha value is -1.40. The summed E-state index contributed by atoms with van der Waals surface area (Å²) < 4.78 is 33.4. The summed E-state index contributed by atoms with van der Waals surface area (Å²) >= 11 is 0. The van der Waals surface area contributed by atoms with Crippen LogP contribution in [0.4, 0.5) is 0 Å². The first kappa shape index (κ1) is 16.0. The third kappa shape index (κ3) is 4.54. The molecule has 116 valence electrons. The average molecular weight is 312 g/mol. The molecule has 1 aliphatic rings. The van der Waals surface area contributed by atoms with Crippen molar-refractivity contribution in [3.8, 4) is 5.75 Å². The number of carbonyl (C=O) groups excluding carboxylic acids is 1. The van der Waals surface area contributed by atoms with Crippen LogP contribution in [0.2, 0.25) is 0 Å². The van der Waals surface area contributed by atoms with E-state index in [-0.39, 0.29) is 29.6 Å². The molecule has 1 aromatic rings. The summed E-state index contributed by atoms with van der Waals surface area (Å²) in [6.07, 6.45) is 0.824. The second kappa shape index (κ2) is 7.04. The van der Waals surface area contributed by atoms with E-state index in [1.54, 1.807) is 31.4 Å². The smallest absolute Gasteiger partial charge is 0.166 e. The van der Waals surface area contributed by atoms with Crippen molar-refractivity contribution in [1.29, 1.82) is 0 Å². The largest absolute Gasteiger partial charge is 0.490 e. The van der Waals surface area contributed by atoms with Crippen molar-refractivity contribution in [1.82, 2.24) is 0 Å². The minimum absolute atomic E-state index is 0.0647. The van der Waals surface area contributed by atoms with Gasteiger partial charge in [-0.05, 0) is 24.5 Å². The number of benzene rings is 1. The number of para-hydroxylation sites is 1. The standard InChI is InChI=1S/C15H20O5S/c1-19-7-8-20-15-5-3-2-4-13(15)14(16)10-12-6-9-21(17,18)11-12/h2-5,12H,6-11H2,1H3. The summed E-state index contributed by atoms with van der Waals surface area (Å²) in [7, 11) is -1.37. The van der Waals surface area contributed by atoms with E-state index in [0.717, 1.165) is 0 Å². The maximum Gasteiger partial charge on any atom is 0.166 e. The highest BCUT2D eigenvalue weighted by molar-refractivity contribution is 7.91. The number of ketones is 1. The van der Waals surface area contributed by atoms with Gasteiger partial charge in [-0.1, -0.05) is 12.1 Å². The fourth-order valence-electron chi connectivity index (χ4n) is 2.46. The molecule has 2 rings (SSSR count). The summed E-state index contributed by atoms with van der Waals surface area (Å²) in [6, 6.07) is 7.04. The minimum atomic E-state index is -2.95. The maximum absolute atomic E-state index is 12.4. The van der Waals surface area contributed by atoms with Crippen LogP contribution < -0.4 is 4.74 Å². The predicted molar refractivity (Wildman–Crippen MR) is 79.5 cm³/mol. The molecule has 0 aromatic heterocycles. The normalized spacial score (nSPS) is 20.3. The molecule has 1 aromatic carbocycles. The molecule has 0 spiro atoms. The third-order valence-electron chi connectivity index (χ3n) is 3.53. The summed E-state index contributed by atoms with van der Waals surface area (Å²) in [5.41, 5.74) is 0.512. The molecule has 1 unspecified atom stereocenters. The Morgan fingerprint density at radius 1 is 1.29 bits per heavy atom. The zero-order valence-corrected chi connectivity index (χ0v) is 12.9. The van der Waals surface area contributed by atoms with Crippen LogP contribution in [0.15, 0.2) is 24.3 Å². The molecule has 5 nitrogen and oxygen atoms in total. The van der Waals surface area contributed by atoms with Gasteiger partial charge in [0.1, 0.15) is 12.4 Å². The first-order valence-corrected chi connectivity index (χ1v) is 8.78. The fraction of sp³-hybridized carbons (Fsp3) is 0.533. The Balaban J connectivity index is 2.02. The van der Waals surface area contributed by atoms with Crippen LogP contribution in [0.25, 0.3) is 0 Å². The number of Topliss-reactive ketones (excluding diaryl/α,β-unsaturated/α-hetero) is 1. The van der Waals surface area contributed by atoms with E-state index in [2.05, 4.69) is 0 Å². The van der Waals surface area contributed by atoms with Gasteiger partial charge in [0.05, 0.1) is 23.7 Å². The lowest BCUT2D eigenvalue weighted by molar-refractivity contribution is 0.0958. The highest BCUT2D eigenvalue weighted by atomic mass is 32.2. The maximum atomic E-state index is 12.4. The monoisotopic (exact) mass is 312 g/mol. The SMILES string of the molecule is COCCOc1ccccc1C(=O)CC1CCS(=O)(=O)C1. The van der Waals surface area contributed by atoms with Crippen LogP contribution >= 0.6 is 0 Å². The minimum Gasteiger partial charge on any atom is -0.490 e. The van der Waals surface area contributed by atoms with Gasteiger partial charge in [0.2, 0.25) is 0 Å². The van der Waals surface area contributed by atoms with Gasteiger partial charge < -0.3 is 9.47 Å². The number of ether oxygens (including phenoxy) is 2. The summed E-state index contributed by atoms with van der Waals surface area (Å²) in [5.74, 6) is 0.697. The van der Waals surface area contributed by atoms with Gasteiger partial charge in [0.25, 0.3) is 0 Å². The average Bonchev–Trinajstić information content (AvgIpc) is 2.78. The fourth-order valence-corrected chi connectivity index (χ4v) is 4.32. The molecule has 1 saturated heterocycles. The van der Waals surface area contributed by atoms with Gasteiger partial charge in [-0.2, -0.15) is 0 Å². The molecule has 0 aliphatic carbocycles. The van der Waals surface area contributed by atoms with Crippen LogP contribution in [0, 0.1) is 5.92 Å². The zero-order valence-electron chi connectivity index (χ0n) is 12.1. The van der Waals surface area contributed by atoms with Crippen molar-refractivity contribution >= 4 is 15.6 Å². The van der Waals surface area contributed by atoms with Crippen molar-refractivity contribution in [3.63, 3.8) is 0 Å². The number of hydrogen-bond donors (Lipinski definition) is 0. The molecule has 1 atom stereocenters. The molecule has 0 radical (unpaired) electrons. The lowest BCUT2D eigenvalue weighted by Crippen LogP contribution is -2.13. The molecule has 0 saturated carbocycles. The second-order valence-corrected chi connectivity index (χ2v) is 7.46. The Bertz CT molecular complexity index is 594. The first-order valence-electron chi connectivity index (χ1n) is 6.96. The summed E-state index contributed by atoms with van der Waals surface area (Å²) in [6.45, 7) is 0.821. The van der Waals surface area contributed by atoms with Crippen molar-refractivity contribution in [2.75, 3.05) is 31.8 Å². The molecular formula is C15H20O5S. The van der Waals surface area contributed by atoms with Crippen LogP contribution in [-0.2, 0) is 14.6 Å². The lowest BCUT2D eigenvalue weighted by atomic mass is 9.97. The lowest BCUT2D eigenvalue weighted by Gasteiger charge is -2.12. The van der Waals surface area contributed by atoms with Crippen molar-refractivity contribution < 1.29 is 22.7 Å². The number of carbonyl (C=O) groups is 1. The third-order valence-corrected chi connectivity index (χ3v) is 5.37. The molecule has 6 heteroatoms. The van der Waals surface area contributed by atoms with Gasteiger partial charge in [0.15, 0.2) is 15.6 Å². The predicted octanol–water partition coefficient (Wildman–Crippen LogP) is 1.72. The molecule has 0 bridgehead atoms. The van der Waals surface area contributed by atoms with Crippen LogP contribution in [0.5, 0.6) is 5.75 Å². The van der Waals surface area contributed by atoms with E-state index >= 15 is 0 Å². The number of hydrogen-bond acceptors (Lipinski definition) is 5. The van der Waals surface area contributed by atoms with E-state index in [9.17, 15) is 13.2 Å². The molecule has 1 heterocycles. The number of methoxy groups -OCH3 is 1. The Labute approximate surface area is 125 Å². The molecule has 21 heavy (non-hydrogen) atoms. The van der Waals surface area contributed by atoms with Crippen molar-refractivity contribution in [2.24, 2.45) is 5.92 Å². The second-order valence-electron chi connectivity index (χ2n) is 5.23. The van der Waals surface area contributed by atoms with E-state index in [4.69, 9.17) is 9.47 Å². The van der Waals surface area contributed by atoms with Crippen LogP contribution in [-0.4, -0.2) is 46.0 Å². The quantitative estimate of drug-likeness (QED) is 0.566. The molecule has 1 fully saturated rings. The molecule has 0 amide bonds. The van der Waals surface area contributed by atoms with Crippen molar-refractivity contribution in [3.05, 3.63) is 29.8 Å². The van der Waals surface area contributed by atoms with Gasteiger partial charge in [0, 0.05) is 13.5 Å². The van der Waals surface area contributed by atoms with Crippen molar-refractivity contribution in [2.45, 2.75) is 12.8 Å². The number of sulfone groups is 1. The first-order chi connectivity index (χ1) is 10.0. The van der Waals surface area contributed by atoms with E-state index in [1.807, 2.05) is 0 Å². The Morgan fingerprint density at radius 2 is 2.05 bits per heavy atom. The van der Waals surface area contributed by atoms with Gasteiger partial charge in [-0.3, -0.25) is 4.79 Å².